The third kappa shape index (κ3) is 4.28. The Kier molecular flexibility index (Phi) is 4.78. The van der Waals surface area contributed by atoms with Gasteiger partial charge in [0.05, 0.1) is 13.1 Å². The minimum atomic E-state index is 0.388. The van der Waals surface area contributed by atoms with E-state index in [2.05, 4.69) is 58.5 Å². The van der Waals surface area contributed by atoms with Crippen LogP contribution < -0.4 is 5.32 Å². The molecule has 1 aromatic heterocycles. The zero-order valence-corrected chi connectivity index (χ0v) is 14.2. The van der Waals surface area contributed by atoms with Crippen molar-refractivity contribution >= 4 is 44.2 Å². The van der Waals surface area contributed by atoms with Crippen molar-refractivity contribution in [3.05, 3.63) is 20.8 Å². The highest BCUT2D eigenvalue weighted by Gasteiger charge is 2.24. The quantitative estimate of drug-likeness (QED) is 0.870. The van der Waals surface area contributed by atoms with Crippen LogP contribution in [0.25, 0.3) is 0 Å². The molecule has 0 radical (unpaired) electrons. The zero-order valence-electron chi connectivity index (χ0n) is 11.0. The molecular weight excluding hydrogens is 328 g/mol. The van der Waals surface area contributed by atoms with E-state index in [1.54, 1.807) is 11.3 Å². The van der Waals surface area contributed by atoms with Gasteiger partial charge in [-0.2, -0.15) is 0 Å². The molecule has 5 heteroatoms. The zero-order chi connectivity index (χ0) is 13.2. The lowest BCUT2D eigenvalue weighted by Crippen LogP contribution is -2.20. The fourth-order valence-corrected chi connectivity index (χ4v) is 4.70. The summed E-state index contributed by atoms with van der Waals surface area (Å²) in [7, 11) is 0. The van der Waals surface area contributed by atoms with E-state index in [0.717, 1.165) is 18.3 Å². The number of thiophene rings is 1. The summed E-state index contributed by atoms with van der Waals surface area (Å²) in [5, 5.41) is 7.28. The predicted molar refractivity (Wildman–Crippen MR) is 86.6 cm³/mol. The highest BCUT2D eigenvalue weighted by molar-refractivity contribution is 9.10. The van der Waals surface area contributed by atoms with E-state index < -0.39 is 0 Å². The number of halogens is 1. The Morgan fingerprint density at radius 3 is 2.89 bits per heavy atom. The average molecular weight is 347 g/mol. The fourth-order valence-electron chi connectivity index (χ4n) is 1.91. The Bertz CT molecular complexity index is 434. The first kappa shape index (κ1) is 14.4. The van der Waals surface area contributed by atoms with Gasteiger partial charge in [0.1, 0.15) is 0 Å². The number of aliphatic imine (C=N–C) groups is 1. The summed E-state index contributed by atoms with van der Waals surface area (Å²) < 4.78 is 1.19. The van der Waals surface area contributed by atoms with E-state index in [1.807, 2.05) is 11.8 Å². The molecule has 0 spiro atoms. The smallest absolute Gasteiger partial charge is 0.157 e. The number of thioether (sulfide) groups is 1. The number of hydrogen-bond donors (Lipinski definition) is 1. The van der Waals surface area contributed by atoms with Crippen LogP contribution in [0.2, 0.25) is 0 Å². The summed E-state index contributed by atoms with van der Waals surface area (Å²) in [6.45, 7) is 8.70. The number of nitrogens with zero attached hydrogens (tertiary/aromatic N) is 1. The predicted octanol–water partition coefficient (Wildman–Crippen LogP) is 4.51. The summed E-state index contributed by atoms with van der Waals surface area (Å²) in [5.74, 6) is 0. The van der Waals surface area contributed by atoms with Crippen molar-refractivity contribution in [2.75, 3.05) is 6.54 Å². The van der Waals surface area contributed by atoms with Gasteiger partial charge >= 0.3 is 0 Å². The highest BCUT2D eigenvalue weighted by Crippen LogP contribution is 2.31. The molecule has 1 aliphatic rings. The van der Waals surface area contributed by atoms with Gasteiger partial charge in [-0.1, -0.05) is 32.5 Å². The Morgan fingerprint density at radius 1 is 1.50 bits per heavy atom. The average Bonchev–Trinajstić information content (AvgIpc) is 2.82. The first-order valence-electron chi connectivity index (χ1n) is 6.11. The molecule has 0 saturated carbocycles. The molecule has 18 heavy (non-hydrogen) atoms. The molecule has 0 fully saturated rings. The van der Waals surface area contributed by atoms with Crippen LogP contribution in [-0.2, 0) is 6.54 Å². The van der Waals surface area contributed by atoms with Crippen LogP contribution in [0.4, 0.5) is 0 Å². The Labute approximate surface area is 126 Å². The van der Waals surface area contributed by atoms with Crippen LogP contribution >= 0.6 is 39.0 Å². The number of amidine groups is 1. The monoisotopic (exact) mass is 346 g/mol. The van der Waals surface area contributed by atoms with E-state index in [4.69, 9.17) is 0 Å². The van der Waals surface area contributed by atoms with Gasteiger partial charge in [-0.15, -0.1) is 11.3 Å². The van der Waals surface area contributed by atoms with Gasteiger partial charge in [0.2, 0.25) is 0 Å². The van der Waals surface area contributed by atoms with Crippen molar-refractivity contribution in [3.8, 4) is 0 Å². The van der Waals surface area contributed by atoms with Crippen LogP contribution in [0.15, 0.2) is 20.9 Å². The molecule has 100 valence electrons. The normalized spacial score (nSPS) is 20.0. The van der Waals surface area contributed by atoms with Gasteiger partial charge < -0.3 is 5.32 Å². The van der Waals surface area contributed by atoms with E-state index in [0.29, 0.717) is 10.7 Å². The molecule has 2 rings (SSSR count). The Hall–Kier alpha value is -0.000000000000000111. The van der Waals surface area contributed by atoms with E-state index in [9.17, 15) is 0 Å². The van der Waals surface area contributed by atoms with Crippen LogP contribution in [-0.4, -0.2) is 17.0 Å². The maximum atomic E-state index is 4.59. The summed E-state index contributed by atoms with van der Waals surface area (Å²) in [6, 6.07) is 2.09. The van der Waals surface area contributed by atoms with Crippen LogP contribution in [0.3, 0.4) is 0 Å². The molecule has 0 saturated heterocycles. The molecule has 0 aromatic carbocycles. The number of hydrogen-bond acceptors (Lipinski definition) is 4. The molecule has 2 nitrogen and oxygen atoms in total. The van der Waals surface area contributed by atoms with Crippen molar-refractivity contribution in [2.45, 2.75) is 39.0 Å². The lowest BCUT2D eigenvalue weighted by molar-refractivity contribution is 0.375. The lowest BCUT2D eigenvalue weighted by Gasteiger charge is -2.21. The molecule has 2 heterocycles. The summed E-state index contributed by atoms with van der Waals surface area (Å²) in [5.41, 5.74) is 0.388. The lowest BCUT2D eigenvalue weighted by atomic mass is 9.90. The van der Waals surface area contributed by atoms with Crippen molar-refractivity contribution in [3.63, 3.8) is 0 Å². The van der Waals surface area contributed by atoms with Crippen LogP contribution in [0.5, 0.6) is 0 Å². The number of rotatable bonds is 3. The van der Waals surface area contributed by atoms with Crippen molar-refractivity contribution in [1.82, 2.24) is 5.32 Å². The molecule has 0 amide bonds. The molecule has 1 unspecified atom stereocenters. The first-order chi connectivity index (χ1) is 8.44. The first-order valence-corrected chi connectivity index (χ1v) is 8.66. The third-order valence-corrected chi connectivity index (χ3v) is 5.72. The van der Waals surface area contributed by atoms with Gasteiger partial charge in [-0.05, 0) is 39.2 Å². The molecule has 1 atom stereocenters. The van der Waals surface area contributed by atoms with E-state index in [-0.39, 0.29) is 0 Å². The maximum Gasteiger partial charge on any atom is 0.157 e. The van der Waals surface area contributed by atoms with Crippen LogP contribution in [0.1, 0.15) is 32.1 Å². The molecule has 1 N–H and O–H groups in total. The third-order valence-electron chi connectivity index (χ3n) is 2.65. The van der Waals surface area contributed by atoms with Gasteiger partial charge in [-0.25, -0.2) is 0 Å². The molecule has 0 aliphatic carbocycles. The maximum absolute atomic E-state index is 4.59. The second-order valence-corrected chi connectivity index (χ2v) is 8.84. The molecule has 0 bridgehead atoms. The fraction of sp³-hybridized carbons (Fsp3) is 0.615. The number of nitrogens with one attached hydrogen (secondary N) is 1. The minimum absolute atomic E-state index is 0.388. The van der Waals surface area contributed by atoms with Gasteiger partial charge in [0.25, 0.3) is 0 Å². The molecule has 1 aliphatic heterocycles. The second kappa shape index (κ2) is 5.97. The van der Waals surface area contributed by atoms with Gasteiger partial charge in [0, 0.05) is 14.6 Å². The van der Waals surface area contributed by atoms with Gasteiger partial charge in [-0.3, -0.25) is 4.99 Å². The summed E-state index contributed by atoms with van der Waals surface area (Å²) in [6.07, 6.45) is 1.22. The Balaban J connectivity index is 1.78. The van der Waals surface area contributed by atoms with Gasteiger partial charge in [0.15, 0.2) is 5.17 Å². The van der Waals surface area contributed by atoms with Crippen molar-refractivity contribution in [2.24, 2.45) is 10.4 Å². The van der Waals surface area contributed by atoms with Crippen LogP contribution in [0, 0.1) is 5.41 Å². The summed E-state index contributed by atoms with van der Waals surface area (Å²) >= 11 is 7.21. The van der Waals surface area contributed by atoms with E-state index in [1.165, 1.54) is 15.8 Å². The topological polar surface area (TPSA) is 24.4 Å². The molecule has 1 aromatic rings. The summed E-state index contributed by atoms with van der Waals surface area (Å²) in [4.78, 5) is 5.92. The largest absolute Gasteiger partial charge is 0.360 e. The Morgan fingerprint density at radius 2 is 2.28 bits per heavy atom. The second-order valence-electron chi connectivity index (χ2n) is 5.70. The van der Waals surface area contributed by atoms with Crippen molar-refractivity contribution in [1.29, 1.82) is 0 Å². The van der Waals surface area contributed by atoms with E-state index >= 15 is 0 Å². The minimum Gasteiger partial charge on any atom is -0.360 e. The van der Waals surface area contributed by atoms with Crippen molar-refractivity contribution < 1.29 is 0 Å². The SMILES string of the molecule is CC(C)(C)CC1CN=C(NCc2sccc2Br)S1. The molecular formula is C13H19BrN2S2. The highest BCUT2D eigenvalue weighted by atomic mass is 79.9. The standard InChI is InChI=1S/C13H19BrN2S2/c1-13(2,3)6-9-7-15-12(18-9)16-8-11-10(14)4-5-17-11/h4-5,9H,6-8H2,1-3H3,(H,15,16).